The van der Waals surface area contributed by atoms with Crippen molar-refractivity contribution in [1.82, 2.24) is 15.4 Å². The molecule has 1 aliphatic carbocycles. The van der Waals surface area contributed by atoms with E-state index in [9.17, 15) is 17.6 Å². The molecular weight excluding hydrogens is 445 g/mol. The first-order valence-corrected chi connectivity index (χ1v) is 13.0. The number of amides is 1. The summed E-state index contributed by atoms with van der Waals surface area (Å²) in [6.45, 7) is 2.43. The number of nitrogens with one attached hydrogen (secondary N) is 3. The highest BCUT2D eigenvalue weighted by molar-refractivity contribution is 7.88. The zero-order chi connectivity index (χ0) is 24.0. The Hall–Kier alpha value is -2.49. The zero-order valence-corrected chi connectivity index (χ0v) is 20.0. The van der Waals surface area contributed by atoms with E-state index in [0.717, 1.165) is 31.1 Å². The van der Waals surface area contributed by atoms with E-state index in [0.29, 0.717) is 23.3 Å². The minimum Gasteiger partial charge on any atom is -0.496 e. The van der Waals surface area contributed by atoms with Crippen LogP contribution in [0.5, 0.6) is 5.75 Å². The number of carbonyl (C=O) groups is 1. The maximum atomic E-state index is 13.5. The molecule has 2 aromatic rings. The average Bonchev–Trinajstić information content (AvgIpc) is 3.24. The highest BCUT2D eigenvalue weighted by Gasteiger charge is 2.27. The van der Waals surface area contributed by atoms with Crippen molar-refractivity contribution < 1.29 is 22.3 Å². The standard InChI is InChI=1S/C24H32FN3O4S/c1-16(22-11-9-20(25)15-23(22)32-2)28-21-10-8-19(14-21)17-4-6-18(7-5-17)24(29)26-12-13-27-33(3,30)31/h4-7,9,11,15-16,19,21,27-28H,8,10,12-14H2,1-3H3,(H,26,29)/t16-,19+,21?/m1/s1. The van der Waals surface area contributed by atoms with Gasteiger partial charge in [-0.05, 0) is 55.9 Å². The number of methoxy groups -OCH3 is 1. The van der Waals surface area contributed by atoms with Crippen molar-refractivity contribution in [1.29, 1.82) is 0 Å². The first kappa shape index (κ1) is 25.1. The van der Waals surface area contributed by atoms with Gasteiger partial charge in [0.25, 0.3) is 5.91 Å². The quantitative estimate of drug-likeness (QED) is 0.457. The number of ether oxygens (including phenoxy) is 1. The summed E-state index contributed by atoms with van der Waals surface area (Å²) in [5, 5.41) is 6.35. The van der Waals surface area contributed by atoms with Crippen LogP contribution in [-0.4, -0.2) is 46.8 Å². The van der Waals surface area contributed by atoms with E-state index in [2.05, 4.69) is 22.3 Å². The predicted molar refractivity (Wildman–Crippen MR) is 127 cm³/mol. The summed E-state index contributed by atoms with van der Waals surface area (Å²) in [5.41, 5.74) is 2.67. The molecule has 0 spiro atoms. The summed E-state index contributed by atoms with van der Waals surface area (Å²) in [4.78, 5) is 12.3. The highest BCUT2D eigenvalue weighted by Crippen LogP contribution is 2.36. The Morgan fingerprint density at radius 1 is 1.15 bits per heavy atom. The molecule has 33 heavy (non-hydrogen) atoms. The first-order valence-electron chi connectivity index (χ1n) is 11.1. The summed E-state index contributed by atoms with van der Waals surface area (Å²) in [6.07, 6.45) is 4.15. The molecule has 1 saturated carbocycles. The van der Waals surface area contributed by atoms with Crippen LogP contribution < -0.4 is 20.1 Å². The molecule has 0 aromatic heterocycles. The van der Waals surface area contributed by atoms with Crippen LogP contribution in [0.25, 0.3) is 0 Å². The Morgan fingerprint density at radius 2 is 1.88 bits per heavy atom. The lowest BCUT2D eigenvalue weighted by molar-refractivity contribution is 0.0954. The maximum Gasteiger partial charge on any atom is 0.251 e. The molecule has 0 radical (unpaired) electrons. The minimum absolute atomic E-state index is 0.0348. The van der Waals surface area contributed by atoms with Crippen LogP contribution in [-0.2, 0) is 10.0 Å². The third-order valence-electron chi connectivity index (χ3n) is 6.00. The average molecular weight is 478 g/mol. The van der Waals surface area contributed by atoms with Gasteiger partial charge in [0.15, 0.2) is 0 Å². The van der Waals surface area contributed by atoms with Gasteiger partial charge in [0.2, 0.25) is 10.0 Å². The van der Waals surface area contributed by atoms with Crippen molar-refractivity contribution >= 4 is 15.9 Å². The minimum atomic E-state index is -3.26. The molecule has 0 heterocycles. The van der Waals surface area contributed by atoms with Gasteiger partial charge in [-0.15, -0.1) is 0 Å². The van der Waals surface area contributed by atoms with Crippen LogP contribution in [0.4, 0.5) is 4.39 Å². The van der Waals surface area contributed by atoms with Crippen molar-refractivity contribution in [2.75, 3.05) is 26.5 Å². The van der Waals surface area contributed by atoms with Crippen molar-refractivity contribution in [3.8, 4) is 5.75 Å². The van der Waals surface area contributed by atoms with Gasteiger partial charge in [-0.25, -0.2) is 17.5 Å². The SMILES string of the molecule is COc1cc(F)ccc1[C@@H](C)NC1CC[C@H](c2ccc(C(=O)NCCNS(C)(=O)=O)cc2)C1. The molecular formula is C24H32FN3O4S. The predicted octanol–water partition coefficient (Wildman–Crippen LogP) is 3.10. The fraction of sp³-hybridized carbons (Fsp3) is 0.458. The van der Waals surface area contributed by atoms with Crippen LogP contribution in [0.1, 0.15) is 59.6 Å². The fourth-order valence-corrected chi connectivity index (χ4v) is 4.82. The van der Waals surface area contributed by atoms with Crippen molar-refractivity contribution in [3.63, 3.8) is 0 Å². The first-order chi connectivity index (χ1) is 15.7. The molecule has 1 amide bonds. The monoisotopic (exact) mass is 477 g/mol. The largest absolute Gasteiger partial charge is 0.496 e. The van der Waals surface area contributed by atoms with Gasteiger partial charge in [-0.2, -0.15) is 0 Å². The number of hydrogen-bond acceptors (Lipinski definition) is 5. The van der Waals surface area contributed by atoms with E-state index in [1.54, 1.807) is 25.3 Å². The van der Waals surface area contributed by atoms with E-state index < -0.39 is 10.0 Å². The van der Waals surface area contributed by atoms with Crippen molar-refractivity contribution in [2.45, 2.75) is 44.2 Å². The van der Waals surface area contributed by atoms with Gasteiger partial charge in [-0.3, -0.25) is 4.79 Å². The van der Waals surface area contributed by atoms with Gasteiger partial charge in [0.1, 0.15) is 11.6 Å². The number of sulfonamides is 1. The second kappa shape index (κ2) is 11.1. The third kappa shape index (κ3) is 7.25. The maximum absolute atomic E-state index is 13.5. The van der Waals surface area contributed by atoms with E-state index >= 15 is 0 Å². The van der Waals surface area contributed by atoms with Gasteiger partial charge in [0, 0.05) is 42.4 Å². The Labute approximate surface area is 195 Å². The summed E-state index contributed by atoms with van der Waals surface area (Å²) in [6, 6.07) is 12.6. The summed E-state index contributed by atoms with van der Waals surface area (Å²) in [5.74, 6) is 0.405. The fourth-order valence-electron chi connectivity index (χ4n) is 4.34. The van der Waals surface area contributed by atoms with Crippen LogP contribution in [0, 0.1) is 5.82 Å². The number of halogens is 1. The molecule has 7 nitrogen and oxygen atoms in total. The molecule has 3 atom stereocenters. The van der Waals surface area contributed by atoms with Crippen LogP contribution in [0.2, 0.25) is 0 Å². The molecule has 0 saturated heterocycles. The Bertz CT molecular complexity index is 1060. The molecule has 0 aliphatic heterocycles. The number of rotatable bonds is 10. The number of carbonyl (C=O) groups excluding carboxylic acids is 1. The highest BCUT2D eigenvalue weighted by atomic mass is 32.2. The third-order valence-corrected chi connectivity index (χ3v) is 6.73. The molecule has 1 fully saturated rings. The molecule has 3 rings (SSSR count). The zero-order valence-electron chi connectivity index (χ0n) is 19.2. The Balaban J connectivity index is 1.51. The van der Waals surface area contributed by atoms with Gasteiger partial charge in [0.05, 0.1) is 13.4 Å². The van der Waals surface area contributed by atoms with Crippen LogP contribution >= 0.6 is 0 Å². The van der Waals surface area contributed by atoms with Crippen molar-refractivity contribution in [2.24, 2.45) is 0 Å². The van der Waals surface area contributed by atoms with Crippen molar-refractivity contribution in [3.05, 3.63) is 65.0 Å². The summed E-state index contributed by atoms with van der Waals surface area (Å²) in [7, 11) is -1.71. The van der Waals surface area contributed by atoms with Crippen LogP contribution in [0.3, 0.4) is 0 Å². The van der Waals surface area contributed by atoms with Gasteiger partial charge >= 0.3 is 0 Å². The summed E-state index contributed by atoms with van der Waals surface area (Å²) < 4.78 is 43.3. The van der Waals surface area contributed by atoms with Gasteiger partial charge in [-0.1, -0.05) is 18.2 Å². The molecule has 180 valence electrons. The Kier molecular flexibility index (Phi) is 8.45. The second-order valence-corrected chi connectivity index (χ2v) is 10.4. The number of hydrogen-bond donors (Lipinski definition) is 3. The molecule has 9 heteroatoms. The lowest BCUT2D eigenvalue weighted by Crippen LogP contribution is -2.34. The van der Waals surface area contributed by atoms with E-state index in [1.807, 2.05) is 12.1 Å². The molecule has 1 unspecified atom stereocenters. The number of benzene rings is 2. The topological polar surface area (TPSA) is 96.5 Å². The van der Waals surface area contributed by atoms with Gasteiger partial charge < -0.3 is 15.4 Å². The normalized spacial score (nSPS) is 19.3. The molecule has 0 bridgehead atoms. The van der Waals surface area contributed by atoms with E-state index in [4.69, 9.17) is 4.74 Å². The molecule has 1 aliphatic rings. The second-order valence-electron chi connectivity index (χ2n) is 8.53. The van der Waals surface area contributed by atoms with Crippen LogP contribution in [0.15, 0.2) is 42.5 Å². The summed E-state index contributed by atoms with van der Waals surface area (Å²) >= 11 is 0. The van der Waals surface area contributed by atoms with E-state index in [1.165, 1.54) is 17.7 Å². The van der Waals surface area contributed by atoms with E-state index in [-0.39, 0.29) is 30.9 Å². The molecule has 2 aromatic carbocycles. The lowest BCUT2D eigenvalue weighted by Gasteiger charge is -2.22. The Morgan fingerprint density at radius 3 is 2.55 bits per heavy atom. The lowest BCUT2D eigenvalue weighted by atomic mass is 9.96. The smallest absolute Gasteiger partial charge is 0.251 e. The molecule has 3 N–H and O–H groups in total.